The van der Waals surface area contributed by atoms with Gasteiger partial charge < -0.3 is 14.8 Å². The molecular formula is C19H12F5NO3. The third-order valence-electron chi connectivity index (χ3n) is 4.00. The molecule has 1 amide bonds. The number of hydrogen-bond acceptors (Lipinski definition) is 3. The molecule has 1 heterocycles. The van der Waals surface area contributed by atoms with Crippen LogP contribution in [0.5, 0.6) is 0 Å². The first-order valence-corrected chi connectivity index (χ1v) is 7.88. The fourth-order valence-electron chi connectivity index (χ4n) is 2.62. The first-order valence-electron chi connectivity index (χ1n) is 7.88. The summed E-state index contributed by atoms with van der Waals surface area (Å²) in [6.07, 6.45) is 0. The maximum atomic E-state index is 13.7. The second-order valence-electron chi connectivity index (χ2n) is 5.85. The number of rotatable bonds is 4. The molecule has 9 heteroatoms. The molecule has 0 fully saturated rings. The van der Waals surface area contributed by atoms with Crippen molar-refractivity contribution in [3.05, 3.63) is 76.3 Å². The maximum absolute atomic E-state index is 13.7. The lowest BCUT2D eigenvalue weighted by molar-refractivity contribution is 0.101. The minimum atomic E-state index is -2.34. The van der Waals surface area contributed by atoms with Gasteiger partial charge in [-0.25, -0.2) is 22.0 Å². The van der Waals surface area contributed by atoms with Gasteiger partial charge in [0.1, 0.15) is 23.7 Å². The zero-order chi connectivity index (χ0) is 20.6. The number of amides is 1. The highest BCUT2D eigenvalue weighted by molar-refractivity contribution is 6.04. The van der Waals surface area contributed by atoms with Crippen LogP contribution in [0.2, 0.25) is 0 Å². The number of halogens is 5. The molecule has 0 radical (unpaired) electrons. The summed E-state index contributed by atoms with van der Waals surface area (Å²) in [6, 6.07) is 7.53. The van der Waals surface area contributed by atoms with E-state index in [0.29, 0.717) is 22.6 Å². The van der Waals surface area contributed by atoms with E-state index in [-0.39, 0.29) is 12.3 Å². The molecule has 3 rings (SSSR count). The molecule has 2 N–H and O–H groups in total. The van der Waals surface area contributed by atoms with E-state index in [1.165, 1.54) is 18.2 Å². The van der Waals surface area contributed by atoms with Crippen LogP contribution in [0, 0.1) is 36.0 Å². The van der Waals surface area contributed by atoms with Crippen LogP contribution in [-0.4, -0.2) is 11.0 Å². The Bertz CT molecular complexity index is 1050. The molecule has 0 spiro atoms. The molecule has 0 aliphatic rings. The Morgan fingerprint density at radius 3 is 2.11 bits per heavy atom. The van der Waals surface area contributed by atoms with Crippen LogP contribution in [0.3, 0.4) is 0 Å². The zero-order valence-electron chi connectivity index (χ0n) is 14.2. The number of nitrogens with one attached hydrogen (secondary N) is 1. The van der Waals surface area contributed by atoms with E-state index in [2.05, 4.69) is 5.32 Å². The lowest BCUT2D eigenvalue weighted by atomic mass is 10.1. The smallest absolute Gasteiger partial charge is 0.261 e. The van der Waals surface area contributed by atoms with E-state index in [9.17, 15) is 26.7 Å². The molecule has 4 nitrogen and oxygen atoms in total. The largest absolute Gasteiger partial charge is 0.459 e. The lowest BCUT2D eigenvalue weighted by Gasteiger charge is -2.11. The van der Waals surface area contributed by atoms with Gasteiger partial charge >= 0.3 is 0 Å². The molecule has 0 aliphatic heterocycles. The summed E-state index contributed by atoms with van der Waals surface area (Å²) >= 11 is 0. The molecule has 0 aliphatic carbocycles. The molecule has 0 saturated heterocycles. The molecule has 2 aromatic carbocycles. The van der Waals surface area contributed by atoms with Gasteiger partial charge in [0.25, 0.3) is 5.91 Å². The van der Waals surface area contributed by atoms with Crippen LogP contribution in [0.4, 0.5) is 27.6 Å². The van der Waals surface area contributed by atoms with Crippen molar-refractivity contribution in [1.29, 1.82) is 0 Å². The third-order valence-corrected chi connectivity index (χ3v) is 4.00. The summed E-state index contributed by atoms with van der Waals surface area (Å²) in [7, 11) is 0. The van der Waals surface area contributed by atoms with E-state index < -0.39 is 40.6 Å². The molecule has 1 aromatic heterocycles. The second kappa shape index (κ2) is 7.43. The van der Waals surface area contributed by atoms with Crippen molar-refractivity contribution in [3.63, 3.8) is 0 Å². The average molecular weight is 397 g/mol. The van der Waals surface area contributed by atoms with Gasteiger partial charge in [0.15, 0.2) is 23.3 Å². The number of aryl methyl sites for hydroxylation is 1. The van der Waals surface area contributed by atoms with E-state index in [0.717, 1.165) is 0 Å². The van der Waals surface area contributed by atoms with Crippen LogP contribution in [0.15, 0.2) is 34.7 Å². The summed E-state index contributed by atoms with van der Waals surface area (Å²) in [5.41, 5.74) is -0.288. The number of carbonyl (C=O) groups is 1. The van der Waals surface area contributed by atoms with Gasteiger partial charge in [0, 0.05) is 11.3 Å². The molecule has 3 aromatic rings. The van der Waals surface area contributed by atoms with Crippen molar-refractivity contribution in [1.82, 2.24) is 0 Å². The number of carbonyl (C=O) groups excluding carboxylic acids is 1. The first kappa shape index (κ1) is 19.6. The highest BCUT2D eigenvalue weighted by atomic mass is 19.2. The Morgan fingerprint density at radius 1 is 0.964 bits per heavy atom. The van der Waals surface area contributed by atoms with Crippen LogP contribution in [0.1, 0.15) is 21.7 Å². The van der Waals surface area contributed by atoms with Gasteiger partial charge in [-0.05, 0) is 42.8 Å². The van der Waals surface area contributed by atoms with Crippen LogP contribution in [-0.2, 0) is 6.61 Å². The topological polar surface area (TPSA) is 62.5 Å². The first-order chi connectivity index (χ1) is 13.2. The molecule has 0 bridgehead atoms. The summed E-state index contributed by atoms with van der Waals surface area (Å²) in [5.74, 6) is -11.9. The SMILES string of the molecule is Cc1cc(NC(=O)c2c(F)c(F)c(F)c(F)c2F)ccc1-c1ccc(CO)o1. The highest BCUT2D eigenvalue weighted by Gasteiger charge is 2.29. The Morgan fingerprint density at radius 2 is 1.57 bits per heavy atom. The fraction of sp³-hybridized carbons (Fsp3) is 0.105. The van der Waals surface area contributed by atoms with E-state index in [4.69, 9.17) is 9.52 Å². The highest BCUT2D eigenvalue weighted by Crippen LogP contribution is 2.29. The fourth-order valence-corrected chi connectivity index (χ4v) is 2.62. The lowest BCUT2D eigenvalue weighted by Crippen LogP contribution is -2.19. The number of aliphatic hydroxyl groups is 1. The Kier molecular flexibility index (Phi) is 5.19. The van der Waals surface area contributed by atoms with Crippen molar-refractivity contribution in [3.8, 4) is 11.3 Å². The summed E-state index contributed by atoms with van der Waals surface area (Å²) in [6.45, 7) is 1.37. The van der Waals surface area contributed by atoms with Gasteiger partial charge in [0.05, 0.1) is 0 Å². The Hall–Kier alpha value is -3.20. The number of anilines is 1. The number of furan rings is 1. The Labute approximate surface area is 155 Å². The van der Waals surface area contributed by atoms with E-state index in [1.807, 2.05) is 0 Å². The minimum absolute atomic E-state index is 0.0733. The predicted molar refractivity (Wildman–Crippen MR) is 89.0 cm³/mol. The molecular weight excluding hydrogens is 385 g/mol. The van der Waals surface area contributed by atoms with Crippen molar-refractivity contribution in [2.24, 2.45) is 0 Å². The summed E-state index contributed by atoms with van der Waals surface area (Å²) in [4.78, 5) is 12.1. The number of aliphatic hydroxyl groups excluding tert-OH is 1. The molecule has 0 saturated carbocycles. The monoisotopic (exact) mass is 397 g/mol. The quantitative estimate of drug-likeness (QED) is 0.381. The predicted octanol–water partition coefficient (Wildman–Crippen LogP) is 4.70. The van der Waals surface area contributed by atoms with Gasteiger partial charge in [-0.15, -0.1) is 0 Å². The minimum Gasteiger partial charge on any atom is -0.459 e. The number of benzene rings is 2. The molecule has 28 heavy (non-hydrogen) atoms. The third kappa shape index (κ3) is 3.36. The Balaban J connectivity index is 1.91. The normalized spacial score (nSPS) is 11.0. The molecule has 0 atom stereocenters. The van der Waals surface area contributed by atoms with E-state index >= 15 is 0 Å². The molecule has 0 unspecified atom stereocenters. The van der Waals surface area contributed by atoms with Crippen LogP contribution < -0.4 is 5.32 Å². The maximum Gasteiger partial charge on any atom is 0.261 e. The van der Waals surface area contributed by atoms with Crippen molar-refractivity contribution >= 4 is 11.6 Å². The summed E-state index contributed by atoms with van der Waals surface area (Å²) in [5, 5.41) is 11.1. The zero-order valence-corrected chi connectivity index (χ0v) is 14.2. The average Bonchev–Trinajstić information content (AvgIpc) is 3.14. The van der Waals surface area contributed by atoms with Gasteiger partial charge in [0.2, 0.25) is 5.82 Å². The second-order valence-corrected chi connectivity index (χ2v) is 5.85. The van der Waals surface area contributed by atoms with Gasteiger partial charge in [-0.1, -0.05) is 0 Å². The van der Waals surface area contributed by atoms with Gasteiger partial charge in [-0.3, -0.25) is 4.79 Å². The summed E-state index contributed by atoms with van der Waals surface area (Å²) < 4.78 is 72.5. The van der Waals surface area contributed by atoms with Crippen molar-refractivity contribution < 1.29 is 36.3 Å². The van der Waals surface area contributed by atoms with Gasteiger partial charge in [-0.2, -0.15) is 0 Å². The standard InChI is InChI=1S/C19H12F5NO3/c1-8-6-9(2-4-11(8)12-5-3-10(7-26)28-12)25-19(27)13-14(20)16(22)18(24)17(23)15(13)21/h2-6,26H,7H2,1H3,(H,25,27). The molecule has 146 valence electrons. The van der Waals surface area contributed by atoms with Crippen LogP contribution >= 0.6 is 0 Å². The van der Waals surface area contributed by atoms with Crippen molar-refractivity contribution in [2.45, 2.75) is 13.5 Å². The number of hydrogen-bond donors (Lipinski definition) is 2. The van der Waals surface area contributed by atoms with Crippen molar-refractivity contribution in [2.75, 3.05) is 5.32 Å². The van der Waals surface area contributed by atoms with Crippen LogP contribution in [0.25, 0.3) is 11.3 Å². The van der Waals surface area contributed by atoms with E-state index in [1.54, 1.807) is 19.1 Å².